The van der Waals surface area contributed by atoms with Gasteiger partial charge in [-0.05, 0) is 25.0 Å². The second kappa shape index (κ2) is 7.13. The highest BCUT2D eigenvalue weighted by molar-refractivity contribution is 5.92. The molecule has 0 atom stereocenters. The summed E-state index contributed by atoms with van der Waals surface area (Å²) in [6.07, 6.45) is 3.91. The van der Waals surface area contributed by atoms with Gasteiger partial charge >= 0.3 is 0 Å². The molecular weight excluding hydrogens is 298 g/mol. The van der Waals surface area contributed by atoms with Gasteiger partial charge in [-0.15, -0.1) is 4.68 Å². The van der Waals surface area contributed by atoms with Crippen LogP contribution in [0.3, 0.4) is 0 Å². The number of aromatic nitrogens is 2. The molecule has 1 amide bonds. The Morgan fingerprint density at radius 2 is 1.71 bits per heavy atom. The van der Waals surface area contributed by atoms with Crippen LogP contribution in [0.5, 0.6) is 0 Å². The van der Waals surface area contributed by atoms with Gasteiger partial charge in [0.2, 0.25) is 5.91 Å². The zero-order chi connectivity index (χ0) is 16.9. The Morgan fingerprint density at radius 1 is 1.00 bits per heavy atom. The van der Waals surface area contributed by atoms with Crippen molar-refractivity contribution in [2.45, 2.75) is 26.9 Å². The normalized spacial score (nSPS) is 10.6. The van der Waals surface area contributed by atoms with Crippen LogP contribution in [0.15, 0.2) is 67.0 Å². The summed E-state index contributed by atoms with van der Waals surface area (Å²) < 4.78 is 3.97. The lowest BCUT2D eigenvalue weighted by atomic mass is 10.1. The minimum Gasteiger partial charge on any atom is -0.324 e. The second-order valence-electron chi connectivity index (χ2n) is 5.99. The highest BCUT2D eigenvalue weighted by Crippen LogP contribution is 2.19. The van der Waals surface area contributed by atoms with Crippen molar-refractivity contribution < 1.29 is 9.48 Å². The minimum absolute atomic E-state index is 0.0228. The van der Waals surface area contributed by atoms with Gasteiger partial charge in [-0.2, -0.15) is 4.68 Å². The summed E-state index contributed by atoms with van der Waals surface area (Å²) >= 11 is 0. The van der Waals surface area contributed by atoms with Gasteiger partial charge in [0.05, 0.1) is 6.20 Å². The number of nitrogens with zero attached hydrogens (tertiary/aromatic N) is 2. The van der Waals surface area contributed by atoms with Gasteiger partial charge in [-0.1, -0.05) is 48.5 Å². The molecule has 1 heterocycles. The van der Waals surface area contributed by atoms with Crippen molar-refractivity contribution in [3.63, 3.8) is 0 Å². The van der Waals surface area contributed by atoms with E-state index in [-0.39, 0.29) is 12.5 Å². The van der Waals surface area contributed by atoms with Crippen LogP contribution in [0.2, 0.25) is 0 Å². The maximum atomic E-state index is 12.4. The topological polar surface area (TPSA) is 37.9 Å². The predicted octanol–water partition coefficient (Wildman–Crippen LogP) is 3.08. The van der Waals surface area contributed by atoms with Gasteiger partial charge in [0.15, 0.2) is 19.3 Å². The molecule has 0 aliphatic carbocycles. The summed E-state index contributed by atoms with van der Waals surface area (Å²) in [6, 6.07) is 18.2. The smallest absolute Gasteiger partial charge is 0.250 e. The number of anilines is 1. The van der Waals surface area contributed by atoms with Crippen molar-refractivity contribution in [2.75, 3.05) is 5.32 Å². The third-order valence-electron chi connectivity index (χ3n) is 4.08. The largest absolute Gasteiger partial charge is 0.324 e. The number of para-hydroxylation sites is 1. The molecule has 2 aromatic carbocycles. The maximum absolute atomic E-state index is 12.4. The Morgan fingerprint density at radius 3 is 2.42 bits per heavy atom. The first-order chi connectivity index (χ1) is 11.6. The highest BCUT2D eigenvalue weighted by Gasteiger charge is 2.14. The number of rotatable bonds is 5. The van der Waals surface area contributed by atoms with E-state index < -0.39 is 0 Å². The molecule has 3 rings (SSSR count). The maximum Gasteiger partial charge on any atom is 0.250 e. The molecular formula is C20H22N3O+. The third kappa shape index (κ3) is 3.71. The molecule has 0 aliphatic heterocycles. The van der Waals surface area contributed by atoms with Crippen LogP contribution < -0.4 is 10.00 Å². The number of aryl methyl sites for hydroxylation is 2. The van der Waals surface area contributed by atoms with E-state index in [0.29, 0.717) is 0 Å². The van der Waals surface area contributed by atoms with Crippen LogP contribution in [0, 0.1) is 13.8 Å². The molecule has 0 saturated carbocycles. The molecule has 0 aliphatic rings. The number of benzene rings is 2. The van der Waals surface area contributed by atoms with Crippen molar-refractivity contribution in [1.29, 1.82) is 0 Å². The van der Waals surface area contributed by atoms with E-state index in [9.17, 15) is 4.79 Å². The van der Waals surface area contributed by atoms with Crippen LogP contribution in [0.1, 0.15) is 16.7 Å². The Labute approximate surface area is 142 Å². The molecule has 4 nitrogen and oxygen atoms in total. The molecule has 0 spiro atoms. The summed E-state index contributed by atoms with van der Waals surface area (Å²) in [4.78, 5) is 12.4. The number of hydrogen-bond donors (Lipinski definition) is 1. The Hall–Kier alpha value is -2.88. The molecule has 0 fully saturated rings. The van der Waals surface area contributed by atoms with Crippen LogP contribution >= 0.6 is 0 Å². The fourth-order valence-electron chi connectivity index (χ4n) is 2.80. The first kappa shape index (κ1) is 16.0. The molecule has 1 aromatic heterocycles. The van der Waals surface area contributed by atoms with E-state index in [4.69, 9.17) is 0 Å². The van der Waals surface area contributed by atoms with Crippen LogP contribution in [-0.2, 0) is 17.9 Å². The predicted molar refractivity (Wildman–Crippen MR) is 94.7 cm³/mol. The minimum atomic E-state index is -0.0228. The van der Waals surface area contributed by atoms with E-state index in [0.717, 1.165) is 23.4 Å². The Kier molecular flexibility index (Phi) is 4.75. The van der Waals surface area contributed by atoms with Crippen molar-refractivity contribution >= 4 is 11.6 Å². The van der Waals surface area contributed by atoms with Gasteiger partial charge in [-0.25, -0.2) is 0 Å². The lowest BCUT2D eigenvalue weighted by Gasteiger charge is -2.11. The van der Waals surface area contributed by atoms with Gasteiger partial charge in [0.1, 0.15) is 0 Å². The molecule has 122 valence electrons. The average molecular weight is 320 g/mol. The van der Waals surface area contributed by atoms with Crippen molar-refractivity contribution in [3.05, 3.63) is 83.7 Å². The number of carbonyl (C=O) groups excluding carboxylic acids is 1. The van der Waals surface area contributed by atoms with Gasteiger partial charge < -0.3 is 5.32 Å². The molecule has 4 heteroatoms. The van der Waals surface area contributed by atoms with Crippen LogP contribution in [0.4, 0.5) is 5.69 Å². The van der Waals surface area contributed by atoms with Crippen molar-refractivity contribution in [2.24, 2.45) is 0 Å². The summed E-state index contributed by atoms with van der Waals surface area (Å²) in [7, 11) is 0. The Balaban J connectivity index is 1.71. The van der Waals surface area contributed by atoms with Gasteiger partial charge in [0, 0.05) is 17.3 Å². The zero-order valence-electron chi connectivity index (χ0n) is 14.1. The summed E-state index contributed by atoms with van der Waals surface area (Å²) in [5, 5.41) is 3.03. The van der Waals surface area contributed by atoms with E-state index in [1.54, 1.807) is 0 Å². The monoisotopic (exact) mass is 320 g/mol. The first-order valence-electron chi connectivity index (χ1n) is 8.08. The lowest BCUT2D eigenvalue weighted by molar-refractivity contribution is -0.767. The van der Waals surface area contributed by atoms with E-state index >= 15 is 0 Å². The molecule has 0 radical (unpaired) electrons. The van der Waals surface area contributed by atoms with E-state index in [1.165, 1.54) is 5.56 Å². The number of amides is 1. The number of nitrogens with one attached hydrogen (secondary N) is 1. The molecule has 0 saturated heterocycles. The Bertz CT molecular complexity index is 817. The van der Waals surface area contributed by atoms with Crippen LogP contribution in [-0.4, -0.2) is 10.6 Å². The molecule has 24 heavy (non-hydrogen) atoms. The fraction of sp³-hybridized carbons (Fsp3) is 0.200. The SMILES string of the molecule is Cc1cccc(C)c1NC(=O)Cn1ccc[n+]1Cc1ccccc1. The highest BCUT2D eigenvalue weighted by atomic mass is 16.2. The van der Waals surface area contributed by atoms with E-state index in [1.807, 2.05) is 78.1 Å². The van der Waals surface area contributed by atoms with Crippen LogP contribution in [0.25, 0.3) is 0 Å². The first-order valence-corrected chi connectivity index (χ1v) is 8.08. The molecule has 1 N–H and O–H groups in total. The summed E-state index contributed by atoms with van der Waals surface area (Å²) in [5.41, 5.74) is 4.27. The summed E-state index contributed by atoms with van der Waals surface area (Å²) in [6.45, 7) is 5.04. The standard InChI is InChI=1S/C20H21N3O/c1-16-8-6-9-17(2)20(16)21-19(24)15-23-13-7-12-22(23)14-18-10-4-3-5-11-18/h3-13H,14-15H2,1-2H3/p+1. The van der Waals surface area contributed by atoms with Gasteiger partial charge in [-0.3, -0.25) is 4.79 Å². The quantitative estimate of drug-likeness (QED) is 0.721. The summed E-state index contributed by atoms with van der Waals surface area (Å²) in [5.74, 6) is -0.0228. The molecule has 3 aromatic rings. The second-order valence-corrected chi connectivity index (χ2v) is 5.99. The lowest BCUT2D eigenvalue weighted by Crippen LogP contribution is -2.44. The van der Waals surface area contributed by atoms with Crippen molar-refractivity contribution in [3.8, 4) is 0 Å². The number of carbonyl (C=O) groups is 1. The average Bonchev–Trinajstić information content (AvgIpc) is 2.99. The fourth-order valence-corrected chi connectivity index (χ4v) is 2.80. The van der Waals surface area contributed by atoms with E-state index in [2.05, 4.69) is 17.4 Å². The zero-order valence-corrected chi connectivity index (χ0v) is 14.1. The third-order valence-corrected chi connectivity index (χ3v) is 4.08. The molecule has 0 unspecified atom stereocenters. The van der Waals surface area contributed by atoms with Gasteiger partial charge in [0.25, 0.3) is 0 Å². The van der Waals surface area contributed by atoms with Crippen molar-refractivity contribution in [1.82, 2.24) is 4.68 Å². The molecule has 0 bridgehead atoms. The number of hydrogen-bond acceptors (Lipinski definition) is 1.